The fraction of sp³-hybridized carbons (Fsp3) is 0.462. The first kappa shape index (κ1) is 15.0. The van der Waals surface area contributed by atoms with E-state index in [0.29, 0.717) is 0 Å². The molecule has 0 aromatic heterocycles. The van der Waals surface area contributed by atoms with Gasteiger partial charge in [-0.2, -0.15) is 4.31 Å². The Labute approximate surface area is 118 Å². The Hall–Kier alpha value is -1.44. The number of carboxylic acids is 1. The molecular formula is C13H18N2O4S. The van der Waals surface area contributed by atoms with Gasteiger partial charge in [0.25, 0.3) is 0 Å². The zero-order valence-electron chi connectivity index (χ0n) is 11.2. The second-order valence-corrected chi connectivity index (χ2v) is 6.99. The van der Waals surface area contributed by atoms with E-state index in [1.54, 1.807) is 24.3 Å². The van der Waals surface area contributed by atoms with Gasteiger partial charge in [-0.15, -0.1) is 0 Å². The van der Waals surface area contributed by atoms with Crippen LogP contribution in [0.4, 0.5) is 0 Å². The van der Waals surface area contributed by atoms with Gasteiger partial charge in [0.1, 0.15) is 5.54 Å². The number of nitrogens with zero attached hydrogens (tertiary/aromatic N) is 1. The van der Waals surface area contributed by atoms with Crippen LogP contribution in [0.25, 0.3) is 0 Å². The van der Waals surface area contributed by atoms with E-state index in [1.807, 2.05) is 6.92 Å². The van der Waals surface area contributed by atoms with Crippen LogP contribution in [0, 0.1) is 0 Å². The first-order valence-electron chi connectivity index (χ1n) is 6.41. The lowest BCUT2D eigenvalue weighted by Gasteiger charge is -2.20. The van der Waals surface area contributed by atoms with Crippen molar-refractivity contribution in [1.82, 2.24) is 4.31 Å². The SMILES string of the molecule is CCc1ccc(S(=O)(=O)N2CCC(N)(C(=O)O)C2)cc1. The number of benzene rings is 1. The fourth-order valence-electron chi connectivity index (χ4n) is 2.22. The summed E-state index contributed by atoms with van der Waals surface area (Å²) in [7, 11) is -3.68. The molecule has 20 heavy (non-hydrogen) atoms. The molecule has 0 spiro atoms. The standard InChI is InChI=1S/C13H18N2O4S/c1-2-10-3-5-11(6-4-10)20(18,19)15-8-7-13(14,9-15)12(16)17/h3-6H,2,7-9,14H2,1H3,(H,16,17). The van der Waals surface area contributed by atoms with Crippen LogP contribution >= 0.6 is 0 Å². The van der Waals surface area contributed by atoms with Gasteiger partial charge in [0.15, 0.2) is 0 Å². The molecule has 110 valence electrons. The Balaban J connectivity index is 2.25. The van der Waals surface area contributed by atoms with E-state index in [2.05, 4.69) is 0 Å². The zero-order chi connectivity index (χ0) is 15.0. The van der Waals surface area contributed by atoms with E-state index in [1.165, 1.54) is 0 Å². The van der Waals surface area contributed by atoms with E-state index >= 15 is 0 Å². The largest absolute Gasteiger partial charge is 0.480 e. The third kappa shape index (κ3) is 2.56. The van der Waals surface area contributed by atoms with Gasteiger partial charge in [-0.1, -0.05) is 19.1 Å². The van der Waals surface area contributed by atoms with E-state index in [0.717, 1.165) is 16.3 Å². The molecule has 1 unspecified atom stereocenters. The normalized spacial score (nSPS) is 23.9. The lowest BCUT2D eigenvalue weighted by Crippen LogP contribution is -2.50. The van der Waals surface area contributed by atoms with Crippen LogP contribution < -0.4 is 5.73 Å². The first-order valence-corrected chi connectivity index (χ1v) is 7.85. The molecule has 0 amide bonds. The lowest BCUT2D eigenvalue weighted by molar-refractivity contribution is -0.142. The molecule has 0 aliphatic carbocycles. The number of aryl methyl sites for hydroxylation is 1. The van der Waals surface area contributed by atoms with Crippen LogP contribution in [-0.2, 0) is 21.2 Å². The van der Waals surface area contributed by atoms with Crippen molar-refractivity contribution in [2.24, 2.45) is 5.73 Å². The Morgan fingerprint density at radius 2 is 2.00 bits per heavy atom. The first-order chi connectivity index (χ1) is 9.29. The molecule has 2 rings (SSSR count). The summed E-state index contributed by atoms with van der Waals surface area (Å²) in [5, 5.41) is 9.05. The average molecular weight is 298 g/mol. The molecule has 0 radical (unpaired) electrons. The minimum atomic E-state index is -3.68. The Morgan fingerprint density at radius 1 is 1.40 bits per heavy atom. The zero-order valence-corrected chi connectivity index (χ0v) is 12.1. The van der Waals surface area contributed by atoms with Crippen molar-refractivity contribution in [2.75, 3.05) is 13.1 Å². The number of carboxylic acid groups (broad SMARTS) is 1. The summed E-state index contributed by atoms with van der Waals surface area (Å²) in [5.74, 6) is -1.17. The summed E-state index contributed by atoms with van der Waals surface area (Å²) in [5.41, 5.74) is 5.26. The van der Waals surface area contributed by atoms with Gasteiger partial charge in [-0.05, 0) is 30.5 Å². The highest BCUT2D eigenvalue weighted by molar-refractivity contribution is 7.89. The summed E-state index contributed by atoms with van der Waals surface area (Å²) >= 11 is 0. The predicted molar refractivity (Wildman–Crippen MR) is 73.8 cm³/mol. The van der Waals surface area contributed by atoms with Crippen molar-refractivity contribution in [2.45, 2.75) is 30.2 Å². The molecule has 1 aromatic carbocycles. The van der Waals surface area contributed by atoms with Crippen LogP contribution in [0.2, 0.25) is 0 Å². The molecule has 1 aliphatic rings. The molecule has 3 N–H and O–H groups in total. The van der Waals surface area contributed by atoms with Gasteiger partial charge in [0, 0.05) is 13.1 Å². The monoisotopic (exact) mass is 298 g/mol. The van der Waals surface area contributed by atoms with Crippen molar-refractivity contribution in [1.29, 1.82) is 0 Å². The summed E-state index contributed by atoms with van der Waals surface area (Å²) in [6.45, 7) is 1.92. The smallest absolute Gasteiger partial charge is 0.325 e. The molecule has 1 aromatic rings. The van der Waals surface area contributed by atoms with Crippen LogP contribution in [-0.4, -0.2) is 42.4 Å². The number of rotatable bonds is 4. The maximum Gasteiger partial charge on any atom is 0.325 e. The van der Waals surface area contributed by atoms with Crippen molar-refractivity contribution < 1.29 is 18.3 Å². The van der Waals surface area contributed by atoms with Crippen LogP contribution in [0.15, 0.2) is 29.2 Å². The molecule has 0 bridgehead atoms. The molecule has 1 atom stereocenters. The Bertz CT molecular complexity index is 612. The molecule has 1 saturated heterocycles. The second-order valence-electron chi connectivity index (χ2n) is 5.05. The third-order valence-corrected chi connectivity index (χ3v) is 5.52. The fourth-order valence-corrected chi connectivity index (χ4v) is 3.73. The number of aliphatic carboxylic acids is 1. The summed E-state index contributed by atoms with van der Waals surface area (Å²) in [6.07, 6.45) is 0.948. The quantitative estimate of drug-likeness (QED) is 0.839. The van der Waals surface area contributed by atoms with Crippen LogP contribution in [0.1, 0.15) is 18.9 Å². The predicted octanol–water partition coefficient (Wildman–Crippen LogP) is 0.425. The van der Waals surface area contributed by atoms with Gasteiger partial charge in [-0.25, -0.2) is 8.42 Å². The molecule has 1 aliphatic heterocycles. The Morgan fingerprint density at radius 3 is 2.45 bits per heavy atom. The van der Waals surface area contributed by atoms with E-state index in [9.17, 15) is 13.2 Å². The van der Waals surface area contributed by atoms with Crippen molar-refractivity contribution >= 4 is 16.0 Å². The third-order valence-electron chi connectivity index (χ3n) is 3.66. The minimum Gasteiger partial charge on any atom is -0.480 e. The number of nitrogens with two attached hydrogens (primary N) is 1. The average Bonchev–Trinajstić information content (AvgIpc) is 2.84. The van der Waals surface area contributed by atoms with E-state index in [4.69, 9.17) is 10.8 Å². The molecular weight excluding hydrogens is 280 g/mol. The minimum absolute atomic E-state index is 0.120. The van der Waals surface area contributed by atoms with E-state index < -0.39 is 21.5 Å². The molecule has 0 saturated carbocycles. The molecule has 1 heterocycles. The van der Waals surface area contributed by atoms with Crippen molar-refractivity contribution in [3.63, 3.8) is 0 Å². The topological polar surface area (TPSA) is 101 Å². The van der Waals surface area contributed by atoms with Gasteiger partial charge in [0.05, 0.1) is 4.90 Å². The van der Waals surface area contributed by atoms with Crippen molar-refractivity contribution in [3.05, 3.63) is 29.8 Å². The number of sulfonamides is 1. The summed E-state index contributed by atoms with van der Waals surface area (Å²) in [6, 6.07) is 6.61. The number of hydrogen-bond donors (Lipinski definition) is 2. The highest BCUT2D eigenvalue weighted by Crippen LogP contribution is 2.26. The second kappa shape index (κ2) is 5.16. The van der Waals surface area contributed by atoms with Crippen LogP contribution in [0.3, 0.4) is 0 Å². The van der Waals surface area contributed by atoms with E-state index in [-0.39, 0.29) is 24.4 Å². The molecule has 7 heteroatoms. The maximum absolute atomic E-state index is 12.4. The Kier molecular flexibility index (Phi) is 3.86. The summed E-state index contributed by atoms with van der Waals surface area (Å²) in [4.78, 5) is 11.2. The molecule has 1 fully saturated rings. The lowest BCUT2D eigenvalue weighted by atomic mass is 10.0. The van der Waals surface area contributed by atoms with Gasteiger partial charge >= 0.3 is 5.97 Å². The van der Waals surface area contributed by atoms with Crippen LogP contribution in [0.5, 0.6) is 0 Å². The number of carbonyl (C=O) groups is 1. The van der Waals surface area contributed by atoms with Gasteiger partial charge in [0.2, 0.25) is 10.0 Å². The maximum atomic E-state index is 12.4. The molecule has 6 nitrogen and oxygen atoms in total. The summed E-state index contributed by atoms with van der Waals surface area (Å²) < 4.78 is 26.0. The van der Waals surface area contributed by atoms with Gasteiger partial charge in [-0.3, -0.25) is 4.79 Å². The van der Waals surface area contributed by atoms with Crippen molar-refractivity contribution in [3.8, 4) is 0 Å². The highest BCUT2D eigenvalue weighted by Gasteiger charge is 2.45. The van der Waals surface area contributed by atoms with Gasteiger partial charge < -0.3 is 10.8 Å². The number of hydrogen-bond acceptors (Lipinski definition) is 4. The highest BCUT2D eigenvalue weighted by atomic mass is 32.2.